The fourth-order valence-electron chi connectivity index (χ4n) is 6.05. The maximum Gasteiger partial charge on any atom is 0.418 e. The van der Waals surface area contributed by atoms with Crippen molar-refractivity contribution in [3.05, 3.63) is 83.5 Å². The number of carbonyl (C=O) groups is 4. The third-order valence-electron chi connectivity index (χ3n) is 9.39. The number of sulfonamides is 1. The Hall–Kier alpha value is -7.00. The number of oxime groups is 2. The number of nitrogen functional groups attached to an aromatic ring is 1. The van der Waals surface area contributed by atoms with E-state index in [2.05, 4.69) is 29.9 Å². The number of aryl methyl sites for hydroxylation is 1. The van der Waals surface area contributed by atoms with E-state index >= 15 is 0 Å². The zero-order valence-electron chi connectivity index (χ0n) is 34.6. The second kappa shape index (κ2) is 19.2. The van der Waals surface area contributed by atoms with Gasteiger partial charge in [0.15, 0.2) is 47.1 Å². The molecule has 28 nitrogen and oxygen atoms in total. The largest absolute Gasteiger partial charge is 0.503 e. The molecule has 0 aromatic carbocycles. The van der Waals surface area contributed by atoms with Crippen LogP contribution in [-0.4, -0.2) is 130 Å². The number of nitrogens with zero attached hydrogens (tertiary/aromatic N) is 8. The number of rotatable bonds is 16. The summed E-state index contributed by atoms with van der Waals surface area (Å²) in [6, 6.07) is -0.130. The maximum atomic E-state index is 12.9. The van der Waals surface area contributed by atoms with Crippen LogP contribution in [0, 0.1) is 12.8 Å². The van der Waals surface area contributed by atoms with E-state index in [1.807, 2.05) is 0 Å². The van der Waals surface area contributed by atoms with Gasteiger partial charge in [-0.05, 0) is 27.7 Å². The Labute approximate surface area is 379 Å². The van der Waals surface area contributed by atoms with E-state index in [-0.39, 0.29) is 45.8 Å². The smallest absolute Gasteiger partial charge is 0.418 e. The molecule has 4 aromatic heterocycles. The molecule has 2 fully saturated rings. The first-order chi connectivity index (χ1) is 30.6. The second-order valence-electron chi connectivity index (χ2n) is 14.5. The highest BCUT2D eigenvalue weighted by Gasteiger charge is 2.58. The molecule has 0 aliphatic carbocycles. The summed E-state index contributed by atoms with van der Waals surface area (Å²) in [7, 11) is -8.70. The Kier molecular flexibility index (Phi) is 14.6. The highest BCUT2D eigenvalue weighted by Crippen LogP contribution is 2.34. The van der Waals surface area contributed by atoms with E-state index in [4.69, 9.17) is 20.0 Å². The van der Waals surface area contributed by atoms with Gasteiger partial charge < -0.3 is 41.4 Å². The van der Waals surface area contributed by atoms with Gasteiger partial charge in [-0.2, -0.15) is 22.9 Å². The average molecular weight is 1000 g/mol. The molecule has 356 valence electrons. The van der Waals surface area contributed by atoms with Crippen LogP contribution in [-0.2, 0) is 66.8 Å². The summed E-state index contributed by atoms with van der Waals surface area (Å²) in [5.74, 6) is -5.41. The number of anilines is 1. The predicted octanol–water partition coefficient (Wildman–Crippen LogP) is -1.17. The van der Waals surface area contributed by atoms with Crippen molar-refractivity contribution in [2.75, 3.05) is 12.0 Å². The Morgan fingerprint density at radius 3 is 1.83 bits per heavy atom. The van der Waals surface area contributed by atoms with Crippen LogP contribution in [0.3, 0.4) is 0 Å². The van der Waals surface area contributed by atoms with Crippen LogP contribution in [0.25, 0.3) is 0 Å². The number of hydroxylamine groups is 2. The van der Waals surface area contributed by atoms with Gasteiger partial charge in [-0.15, -0.1) is 27.0 Å². The normalized spacial score (nSPS) is 18.4. The van der Waals surface area contributed by atoms with Gasteiger partial charge in [0.2, 0.25) is 26.8 Å². The summed E-state index contributed by atoms with van der Waals surface area (Å²) in [5, 5.41) is 52.0. The van der Waals surface area contributed by atoms with Crippen molar-refractivity contribution in [2.24, 2.45) is 16.2 Å². The molecule has 0 unspecified atom stereocenters. The number of amides is 3. The zero-order valence-corrected chi connectivity index (χ0v) is 37.9. The minimum atomic E-state index is -4.96. The van der Waals surface area contributed by atoms with E-state index in [1.54, 1.807) is 6.92 Å². The van der Waals surface area contributed by atoms with Crippen molar-refractivity contribution >= 4 is 83.2 Å². The lowest BCUT2D eigenvalue weighted by Crippen LogP contribution is -2.76. The van der Waals surface area contributed by atoms with Gasteiger partial charge in [-0.1, -0.05) is 10.3 Å². The summed E-state index contributed by atoms with van der Waals surface area (Å²) in [4.78, 5) is 91.7. The molecule has 0 radical (unpaired) electrons. The molecule has 2 aliphatic heterocycles. The highest BCUT2D eigenvalue weighted by atomic mass is 32.3. The fraction of sp³-hybridized carbons (Fsp3) is 0.353. The predicted molar refractivity (Wildman–Crippen MR) is 225 cm³/mol. The van der Waals surface area contributed by atoms with Crippen LogP contribution in [0.4, 0.5) is 5.13 Å². The molecule has 66 heavy (non-hydrogen) atoms. The van der Waals surface area contributed by atoms with Gasteiger partial charge in [-0.3, -0.25) is 33.3 Å². The van der Waals surface area contributed by atoms with Crippen LogP contribution < -0.4 is 21.9 Å². The van der Waals surface area contributed by atoms with Gasteiger partial charge in [-0.25, -0.2) is 22.7 Å². The Morgan fingerprint density at radius 1 is 0.879 bits per heavy atom. The molecular weight excluding hydrogens is 965 g/mol. The molecule has 2 saturated heterocycles. The summed E-state index contributed by atoms with van der Waals surface area (Å²) < 4.78 is 59.9. The van der Waals surface area contributed by atoms with Crippen molar-refractivity contribution in [1.29, 1.82) is 0 Å². The van der Waals surface area contributed by atoms with E-state index in [9.17, 15) is 66.2 Å². The molecule has 8 N–H and O–H groups in total. The van der Waals surface area contributed by atoms with E-state index < -0.39 is 103 Å². The number of aromatic hydroxyl groups is 2. The number of nitrogens with two attached hydrogens (primary N) is 1. The molecule has 3 amide bonds. The van der Waals surface area contributed by atoms with Crippen LogP contribution in [0.15, 0.2) is 55.2 Å². The van der Waals surface area contributed by atoms with E-state index in [1.165, 1.54) is 42.9 Å². The van der Waals surface area contributed by atoms with E-state index in [0.29, 0.717) is 23.8 Å². The molecule has 0 saturated carbocycles. The molecule has 0 spiro atoms. The molecule has 3 atom stereocenters. The summed E-state index contributed by atoms with van der Waals surface area (Å²) in [6.07, 6.45) is 2.10. The summed E-state index contributed by atoms with van der Waals surface area (Å²) in [5.41, 5.74) is 2.15. The third-order valence-corrected chi connectivity index (χ3v) is 12.4. The quantitative estimate of drug-likeness (QED) is 0.0229. The molecular formula is C34H38N10O18S4. The number of carbonyl (C=O) groups excluding carboxylic acids is 4. The highest BCUT2D eigenvalue weighted by molar-refractivity contribution is 7.89. The minimum absolute atomic E-state index is 0.0623. The van der Waals surface area contributed by atoms with Crippen molar-refractivity contribution < 1.29 is 75.2 Å². The number of hydrogen-bond donors (Lipinski definition) is 7. The summed E-state index contributed by atoms with van der Waals surface area (Å²) in [6.45, 7) is 5.04. The van der Waals surface area contributed by atoms with Crippen molar-refractivity contribution in [3.8, 4) is 11.5 Å². The van der Waals surface area contributed by atoms with Gasteiger partial charge in [0.1, 0.15) is 28.8 Å². The molecule has 0 bridgehead atoms. The standard InChI is InChI=1S/C17H19N5O10S2.C17H19N5O8S2/c1-8-18-10(7-33-8)13(20-31-6-9-4-11(23)12(24)5-21(9)27)15(25)19-14-16(26)22(17(14,2)3)32-34(28,29)30;1-8-10(16(26)22(8)32(2,28)29)4-13(24)15(11-7-31-17(18)19-11)20-30-6-9-3-12(23)14(25)5-21(9)27/h4-5,7,14,24,27H,6H2,1-3H3,(H,19,25)(H,28,29,30);3,5,7-8,10,25,27H,4,6H2,1-2H3,(H2,18,19)/b20-13-;20-15-/t14-;8-,10-/m10/s1. The number of β-lactam (4-membered cyclic amide) rings is 2. The van der Waals surface area contributed by atoms with Crippen molar-refractivity contribution in [2.45, 2.75) is 65.0 Å². The third kappa shape index (κ3) is 11.3. The lowest BCUT2D eigenvalue weighted by atomic mass is 9.84. The van der Waals surface area contributed by atoms with Gasteiger partial charge >= 0.3 is 10.4 Å². The van der Waals surface area contributed by atoms with Crippen LogP contribution in [0.2, 0.25) is 0 Å². The maximum absolute atomic E-state index is 12.9. The number of thiazole rings is 2. The second-order valence-corrected chi connectivity index (χ2v) is 19.3. The minimum Gasteiger partial charge on any atom is -0.503 e. The number of aromatic nitrogens is 4. The monoisotopic (exact) mass is 1000 g/mol. The topological polar surface area (TPSA) is 404 Å². The van der Waals surface area contributed by atoms with Gasteiger partial charge in [0, 0.05) is 29.3 Å². The lowest BCUT2D eigenvalue weighted by Gasteiger charge is -2.50. The Bertz CT molecular complexity index is 3000. The molecule has 4 aromatic rings. The first-order valence-corrected chi connectivity index (χ1v) is 23.3. The molecule has 2 aliphatic rings. The number of nitrogens with one attached hydrogen (secondary N) is 1. The van der Waals surface area contributed by atoms with Crippen LogP contribution in [0.5, 0.6) is 11.5 Å². The molecule has 32 heteroatoms. The van der Waals surface area contributed by atoms with E-state index in [0.717, 1.165) is 42.1 Å². The Balaban J connectivity index is 0.000000248. The van der Waals surface area contributed by atoms with Crippen molar-refractivity contribution in [1.82, 2.24) is 34.1 Å². The number of hydrogen-bond acceptors (Lipinski definition) is 24. The van der Waals surface area contributed by atoms with Crippen LogP contribution >= 0.6 is 22.7 Å². The fourth-order valence-corrected chi connectivity index (χ4v) is 8.87. The SMILES string of the molecule is C[C@H]1[C@H](CC(=O)/C(=N\OCc2cc(=O)c(O)cn2O)c2csc(N)n2)C(=O)N1S(C)(=O)=O.Cc1nc(/C(=N/OCc2cc(=O)c(O)cn2O)C(=O)N[C@@H]2C(=O)N(OS(=O)(=O)O)C2(C)C)cs1. The number of Topliss-reactive ketones (excluding diaryl/α,β-unsaturated/α-hetero) is 1. The first-order valence-electron chi connectivity index (χ1n) is 18.3. The average Bonchev–Trinajstić information content (AvgIpc) is 3.85. The lowest BCUT2D eigenvalue weighted by molar-refractivity contribution is -0.218. The molecule has 6 heterocycles. The summed E-state index contributed by atoms with van der Waals surface area (Å²) >= 11 is 2.24. The van der Waals surface area contributed by atoms with Gasteiger partial charge in [0.05, 0.1) is 41.2 Å². The zero-order chi connectivity index (χ0) is 49.2. The van der Waals surface area contributed by atoms with Gasteiger partial charge in [0.25, 0.3) is 11.8 Å². The molecule has 6 rings (SSSR count). The number of pyridine rings is 2. The number of ketones is 1. The first kappa shape index (κ1) is 50.0. The Morgan fingerprint density at radius 2 is 1.39 bits per heavy atom. The van der Waals surface area contributed by atoms with Crippen molar-refractivity contribution in [3.63, 3.8) is 0 Å². The van der Waals surface area contributed by atoms with Crippen LogP contribution in [0.1, 0.15) is 55.0 Å².